The minimum absolute atomic E-state index is 0.0481. The molecular weight excluding hydrogens is 297 g/mol. The fourth-order valence-corrected chi connectivity index (χ4v) is 4.26. The summed E-state index contributed by atoms with van der Waals surface area (Å²) in [7, 11) is -0.0481. The van der Waals surface area contributed by atoms with Crippen molar-refractivity contribution < 1.29 is 9.31 Å². The highest BCUT2D eigenvalue weighted by molar-refractivity contribution is 6.45. The van der Waals surface area contributed by atoms with Crippen LogP contribution in [-0.4, -0.2) is 24.4 Å². The first-order valence-corrected chi connectivity index (χ1v) is 9.90. The van der Waals surface area contributed by atoms with Crippen LogP contribution in [0.5, 0.6) is 0 Å². The lowest BCUT2D eigenvalue weighted by atomic mass is 9.52. The maximum absolute atomic E-state index is 6.12. The fourth-order valence-electron chi connectivity index (χ4n) is 4.26. The zero-order valence-electron chi connectivity index (χ0n) is 17.4. The summed E-state index contributed by atoms with van der Waals surface area (Å²) in [5.74, 6) is 0.782. The van der Waals surface area contributed by atoms with Crippen LogP contribution in [0.25, 0.3) is 0 Å². The lowest BCUT2D eigenvalue weighted by Crippen LogP contribution is -2.50. The van der Waals surface area contributed by atoms with E-state index in [1.54, 1.807) is 0 Å². The Morgan fingerprint density at radius 2 is 1.46 bits per heavy atom. The predicted octanol–water partition coefficient (Wildman–Crippen LogP) is 5.04. The van der Waals surface area contributed by atoms with Crippen molar-refractivity contribution in [2.24, 2.45) is 22.5 Å². The first-order chi connectivity index (χ1) is 10.8. The largest absolute Gasteiger partial charge is 0.457 e. The van der Waals surface area contributed by atoms with Crippen LogP contribution in [0.2, 0.25) is 6.32 Å². The summed E-state index contributed by atoms with van der Waals surface area (Å²) in [6, 6.07) is 0.432. The highest BCUT2D eigenvalue weighted by atomic mass is 16.7. The number of nitrogens with two attached hydrogens (primary N) is 1. The van der Waals surface area contributed by atoms with Gasteiger partial charge in [-0.25, -0.2) is 0 Å². The van der Waals surface area contributed by atoms with Gasteiger partial charge in [-0.3, -0.25) is 0 Å². The van der Waals surface area contributed by atoms with Crippen LogP contribution in [0.15, 0.2) is 0 Å². The summed E-state index contributed by atoms with van der Waals surface area (Å²) in [6.07, 6.45) is 7.07. The molecule has 1 saturated heterocycles. The van der Waals surface area contributed by atoms with Gasteiger partial charge in [-0.2, -0.15) is 0 Å². The van der Waals surface area contributed by atoms with Crippen molar-refractivity contribution >= 4 is 7.12 Å². The smallest absolute Gasteiger partial charge is 0.403 e. The highest BCUT2D eigenvalue weighted by Crippen LogP contribution is 2.54. The Balaban J connectivity index is 1.82. The molecular formula is C20H40BNO2. The topological polar surface area (TPSA) is 44.5 Å². The molecule has 0 aromatic rings. The minimum atomic E-state index is -0.209. The van der Waals surface area contributed by atoms with Gasteiger partial charge >= 0.3 is 7.12 Å². The highest BCUT2D eigenvalue weighted by Gasteiger charge is 2.51. The van der Waals surface area contributed by atoms with Crippen molar-refractivity contribution in [2.45, 2.75) is 111 Å². The van der Waals surface area contributed by atoms with E-state index in [1.165, 1.54) is 32.1 Å². The molecule has 1 unspecified atom stereocenters. The molecule has 0 spiro atoms. The summed E-state index contributed by atoms with van der Waals surface area (Å²) in [6.45, 7) is 18.2. The van der Waals surface area contributed by atoms with Gasteiger partial charge in [-0.05, 0) is 70.0 Å². The SMILES string of the molecule is CC(C)(C)C(C)(CCCCB1OC(C)(C)C(C)(C)O1)C1CC(N)C1. The average molecular weight is 337 g/mol. The molecule has 1 saturated carbocycles. The van der Waals surface area contributed by atoms with Crippen molar-refractivity contribution in [3.63, 3.8) is 0 Å². The molecule has 2 aliphatic rings. The Labute approximate surface area is 150 Å². The summed E-state index contributed by atoms with van der Waals surface area (Å²) in [4.78, 5) is 0. The predicted molar refractivity (Wildman–Crippen MR) is 103 cm³/mol. The Kier molecular flexibility index (Phi) is 5.56. The summed E-state index contributed by atoms with van der Waals surface area (Å²) >= 11 is 0. The standard InChI is InChI=1S/C20H40BNO2/c1-17(2,3)20(8,15-13-16(22)14-15)11-9-10-12-21-23-18(4,5)19(6,7)24-21/h15-16H,9-14,22H2,1-8H3. The van der Waals surface area contributed by atoms with Crippen LogP contribution < -0.4 is 5.73 Å². The Morgan fingerprint density at radius 3 is 1.88 bits per heavy atom. The molecule has 0 amide bonds. The second kappa shape index (κ2) is 6.59. The molecule has 2 fully saturated rings. The molecule has 1 aliphatic carbocycles. The number of rotatable bonds is 6. The van der Waals surface area contributed by atoms with Crippen LogP contribution in [0.3, 0.4) is 0 Å². The molecule has 4 heteroatoms. The van der Waals surface area contributed by atoms with Crippen molar-refractivity contribution in [1.29, 1.82) is 0 Å². The third kappa shape index (κ3) is 3.86. The van der Waals surface area contributed by atoms with E-state index >= 15 is 0 Å². The molecule has 0 aromatic carbocycles. The number of unbranched alkanes of at least 4 members (excludes halogenated alkanes) is 1. The van der Waals surface area contributed by atoms with Crippen molar-refractivity contribution in [3.8, 4) is 0 Å². The van der Waals surface area contributed by atoms with Gasteiger partial charge in [-0.1, -0.05) is 40.5 Å². The lowest BCUT2D eigenvalue weighted by molar-refractivity contribution is -0.0261. The Bertz CT molecular complexity index is 421. The Morgan fingerprint density at radius 1 is 0.958 bits per heavy atom. The molecule has 2 N–H and O–H groups in total. The van der Waals surface area contributed by atoms with Crippen LogP contribution in [0.1, 0.15) is 87.5 Å². The van der Waals surface area contributed by atoms with E-state index in [2.05, 4.69) is 55.4 Å². The zero-order chi connectivity index (χ0) is 18.4. The van der Waals surface area contributed by atoms with Crippen molar-refractivity contribution in [1.82, 2.24) is 0 Å². The molecule has 0 aromatic heterocycles. The molecule has 140 valence electrons. The van der Waals surface area contributed by atoms with Crippen LogP contribution in [0, 0.1) is 16.7 Å². The third-order valence-corrected chi connectivity index (χ3v) is 7.48. The van der Waals surface area contributed by atoms with Gasteiger partial charge in [0.05, 0.1) is 11.2 Å². The quantitative estimate of drug-likeness (QED) is 0.545. The van der Waals surface area contributed by atoms with Gasteiger partial charge in [0.2, 0.25) is 0 Å². The second-order valence-electron chi connectivity index (χ2n) is 10.5. The van der Waals surface area contributed by atoms with Crippen molar-refractivity contribution in [3.05, 3.63) is 0 Å². The molecule has 1 heterocycles. The number of hydrogen-bond donors (Lipinski definition) is 1. The van der Waals surface area contributed by atoms with E-state index in [0.717, 1.165) is 12.2 Å². The van der Waals surface area contributed by atoms with E-state index in [1.807, 2.05) is 0 Å². The summed E-state index contributed by atoms with van der Waals surface area (Å²) in [5.41, 5.74) is 6.34. The van der Waals surface area contributed by atoms with E-state index in [-0.39, 0.29) is 18.3 Å². The molecule has 3 nitrogen and oxygen atoms in total. The van der Waals surface area contributed by atoms with Gasteiger partial charge in [0.25, 0.3) is 0 Å². The second-order valence-corrected chi connectivity index (χ2v) is 10.5. The van der Waals surface area contributed by atoms with Crippen LogP contribution >= 0.6 is 0 Å². The van der Waals surface area contributed by atoms with Gasteiger partial charge in [-0.15, -0.1) is 0 Å². The van der Waals surface area contributed by atoms with Gasteiger partial charge < -0.3 is 15.0 Å². The third-order valence-electron chi connectivity index (χ3n) is 7.48. The molecule has 0 bridgehead atoms. The maximum Gasteiger partial charge on any atom is 0.457 e. The lowest BCUT2D eigenvalue weighted by Gasteiger charge is -2.53. The molecule has 1 aliphatic heterocycles. The fraction of sp³-hybridized carbons (Fsp3) is 1.00. The molecule has 24 heavy (non-hydrogen) atoms. The van der Waals surface area contributed by atoms with Crippen LogP contribution in [-0.2, 0) is 9.31 Å². The molecule has 1 atom stereocenters. The summed E-state index contributed by atoms with van der Waals surface area (Å²) < 4.78 is 12.2. The van der Waals surface area contributed by atoms with E-state index in [9.17, 15) is 0 Å². The molecule has 2 rings (SSSR count). The van der Waals surface area contributed by atoms with E-state index in [0.29, 0.717) is 16.9 Å². The first kappa shape index (κ1) is 20.3. The first-order valence-electron chi connectivity index (χ1n) is 9.90. The number of hydrogen-bond acceptors (Lipinski definition) is 3. The molecule has 0 radical (unpaired) electrons. The normalized spacial score (nSPS) is 31.6. The van der Waals surface area contributed by atoms with E-state index < -0.39 is 0 Å². The summed E-state index contributed by atoms with van der Waals surface area (Å²) in [5, 5.41) is 0. The van der Waals surface area contributed by atoms with Gasteiger partial charge in [0, 0.05) is 6.04 Å². The monoisotopic (exact) mass is 337 g/mol. The van der Waals surface area contributed by atoms with Gasteiger partial charge in [0.1, 0.15) is 0 Å². The van der Waals surface area contributed by atoms with Crippen LogP contribution in [0.4, 0.5) is 0 Å². The minimum Gasteiger partial charge on any atom is -0.403 e. The van der Waals surface area contributed by atoms with Gasteiger partial charge in [0.15, 0.2) is 0 Å². The zero-order valence-corrected chi connectivity index (χ0v) is 17.4. The van der Waals surface area contributed by atoms with E-state index in [4.69, 9.17) is 15.0 Å². The van der Waals surface area contributed by atoms with Crippen molar-refractivity contribution in [2.75, 3.05) is 0 Å². The Hall–Kier alpha value is -0.0551. The average Bonchev–Trinajstić information content (AvgIpc) is 2.57. The maximum atomic E-state index is 6.12.